The summed E-state index contributed by atoms with van der Waals surface area (Å²) in [5, 5.41) is 8.60. The quantitative estimate of drug-likeness (QED) is 0.620. The Bertz CT molecular complexity index is 509. The highest BCUT2D eigenvalue weighted by Gasteiger charge is 2.26. The number of carbonyl (C=O) groups is 1. The molecule has 0 aliphatic carbocycles. The lowest BCUT2D eigenvalue weighted by atomic mass is 10.1. The van der Waals surface area contributed by atoms with Gasteiger partial charge >= 0.3 is 12.1 Å². The zero-order valence-electron chi connectivity index (χ0n) is 11.3. The van der Waals surface area contributed by atoms with Gasteiger partial charge in [-0.1, -0.05) is 6.07 Å². The van der Waals surface area contributed by atoms with Gasteiger partial charge in [0.25, 0.3) is 0 Å². The van der Waals surface area contributed by atoms with Crippen LogP contribution in [0.2, 0.25) is 0 Å². The number of benzene rings is 1. The molecular weight excluding hydrogens is 289 g/mol. The molecule has 1 rings (SSSR count). The second-order valence-corrected chi connectivity index (χ2v) is 4.17. The van der Waals surface area contributed by atoms with Gasteiger partial charge in [0, 0.05) is 11.6 Å². The molecule has 0 saturated carbocycles. The summed E-state index contributed by atoms with van der Waals surface area (Å²) < 4.78 is 45.9. The lowest BCUT2D eigenvalue weighted by molar-refractivity contribution is -0.146. The van der Waals surface area contributed by atoms with Gasteiger partial charge in [0.1, 0.15) is 5.75 Å². The van der Waals surface area contributed by atoms with Crippen molar-refractivity contribution in [2.24, 2.45) is 0 Å². The van der Waals surface area contributed by atoms with Crippen molar-refractivity contribution < 1.29 is 32.5 Å². The molecule has 0 fully saturated rings. The van der Waals surface area contributed by atoms with Crippen LogP contribution in [0, 0.1) is 0 Å². The van der Waals surface area contributed by atoms with Crippen LogP contribution in [-0.2, 0) is 16.1 Å². The first-order chi connectivity index (χ1) is 9.81. The first-order valence-corrected chi connectivity index (χ1v) is 6.04. The van der Waals surface area contributed by atoms with Crippen LogP contribution in [-0.4, -0.2) is 31.0 Å². The number of hydrogen-bond donors (Lipinski definition) is 1. The molecule has 0 aliphatic rings. The van der Waals surface area contributed by atoms with Crippen molar-refractivity contribution >= 4 is 12.0 Å². The Morgan fingerprint density at radius 1 is 1.38 bits per heavy atom. The Labute approximate surface area is 119 Å². The maximum Gasteiger partial charge on any atom is 0.391 e. The molecule has 116 valence electrons. The van der Waals surface area contributed by atoms with Crippen molar-refractivity contribution in [2.45, 2.75) is 19.2 Å². The smallest absolute Gasteiger partial charge is 0.391 e. The van der Waals surface area contributed by atoms with Crippen LogP contribution < -0.4 is 4.74 Å². The molecule has 0 aliphatic heterocycles. The van der Waals surface area contributed by atoms with Crippen molar-refractivity contribution in [3.63, 3.8) is 0 Å². The van der Waals surface area contributed by atoms with E-state index in [0.29, 0.717) is 16.9 Å². The SMILES string of the molecule is COc1ccc(COCCC(F)(F)F)cc1/C=C/C(=O)O. The number of carboxylic acid groups (broad SMARTS) is 1. The molecule has 4 nitrogen and oxygen atoms in total. The van der Waals surface area contributed by atoms with Gasteiger partial charge in [0.05, 0.1) is 26.7 Å². The number of rotatable bonds is 7. The summed E-state index contributed by atoms with van der Waals surface area (Å²) in [6.45, 7) is -0.413. The standard InChI is InChI=1S/C14H15F3O4/c1-20-12-4-2-10(8-11(12)3-5-13(18)19)9-21-7-6-14(15,16)17/h2-5,8H,6-7,9H2,1H3,(H,18,19)/b5-3+. The molecule has 0 aromatic heterocycles. The zero-order valence-corrected chi connectivity index (χ0v) is 11.3. The fourth-order valence-corrected chi connectivity index (χ4v) is 1.54. The molecule has 7 heteroatoms. The van der Waals surface area contributed by atoms with E-state index < -0.39 is 25.2 Å². The van der Waals surface area contributed by atoms with Crippen LogP contribution in [0.1, 0.15) is 17.5 Å². The molecule has 0 radical (unpaired) electrons. The van der Waals surface area contributed by atoms with Crippen LogP contribution >= 0.6 is 0 Å². The van der Waals surface area contributed by atoms with E-state index in [1.165, 1.54) is 13.2 Å². The van der Waals surface area contributed by atoms with Crippen LogP contribution in [0.25, 0.3) is 6.08 Å². The molecular formula is C14H15F3O4. The van der Waals surface area contributed by atoms with E-state index in [1.807, 2.05) is 0 Å². The van der Waals surface area contributed by atoms with Gasteiger partial charge in [-0.25, -0.2) is 4.79 Å². The average Bonchev–Trinajstić information content (AvgIpc) is 2.40. The summed E-state index contributed by atoms with van der Waals surface area (Å²) in [5.74, 6) is -0.643. The van der Waals surface area contributed by atoms with Crippen LogP contribution in [0.4, 0.5) is 13.2 Å². The maximum atomic E-state index is 12.0. The Morgan fingerprint density at radius 2 is 2.10 bits per heavy atom. The molecule has 0 saturated heterocycles. The Morgan fingerprint density at radius 3 is 2.67 bits per heavy atom. The van der Waals surface area contributed by atoms with Crippen LogP contribution in [0.15, 0.2) is 24.3 Å². The zero-order chi connectivity index (χ0) is 15.9. The molecule has 1 aromatic carbocycles. The molecule has 0 spiro atoms. The normalized spacial score (nSPS) is 11.8. The molecule has 0 atom stereocenters. The highest BCUT2D eigenvalue weighted by atomic mass is 19.4. The van der Waals surface area contributed by atoms with Crippen molar-refractivity contribution in [1.29, 1.82) is 0 Å². The van der Waals surface area contributed by atoms with E-state index in [4.69, 9.17) is 14.6 Å². The van der Waals surface area contributed by atoms with Crippen molar-refractivity contribution in [2.75, 3.05) is 13.7 Å². The van der Waals surface area contributed by atoms with Crippen molar-refractivity contribution in [1.82, 2.24) is 0 Å². The summed E-state index contributed by atoms with van der Waals surface area (Å²) in [6, 6.07) is 4.85. The Balaban J connectivity index is 2.67. The first-order valence-electron chi connectivity index (χ1n) is 6.04. The van der Waals surface area contributed by atoms with Gasteiger partial charge in [-0.3, -0.25) is 0 Å². The average molecular weight is 304 g/mol. The third-order valence-electron chi connectivity index (χ3n) is 2.50. The third kappa shape index (κ3) is 6.80. The highest BCUT2D eigenvalue weighted by Crippen LogP contribution is 2.23. The van der Waals surface area contributed by atoms with Gasteiger partial charge in [0.15, 0.2) is 0 Å². The number of aliphatic carboxylic acids is 1. The largest absolute Gasteiger partial charge is 0.496 e. The minimum Gasteiger partial charge on any atom is -0.496 e. The summed E-state index contributed by atoms with van der Waals surface area (Å²) in [4.78, 5) is 10.5. The van der Waals surface area contributed by atoms with Gasteiger partial charge in [-0.2, -0.15) is 13.2 Å². The topological polar surface area (TPSA) is 55.8 Å². The Hall–Kier alpha value is -2.02. The number of halogens is 3. The lowest BCUT2D eigenvalue weighted by Crippen LogP contribution is -2.11. The van der Waals surface area contributed by atoms with Crippen molar-refractivity contribution in [3.05, 3.63) is 35.4 Å². The van der Waals surface area contributed by atoms with Gasteiger partial charge < -0.3 is 14.6 Å². The lowest BCUT2D eigenvalue weighted by Gasteiger charge is -2.10. The number of carboxylic acids is 1. The van der Waals surface area contributed by atoms with E-state index in [-0.39, 0.29) is 6.61 Å². The van der Waals surface area contributed by atoms with E-state index in [2.05, 4.69) is 0 Å². The minimum atomic E-state index is -4.24. The van der Waals surface area contributed by atoms with E-state index in [1.54, 1.807) is 18.2 Å². The number of methoxy groups -OCH3 is 1. The van der Waals surface area contributed by atoms with E-state index in [0.717, 1.165) is 6.08 Å². The summed E-state index contributed by atoms with van der Waals surface area (Å²) in [6.07, 6.45) is -2.95. The first kappa shape index (κ1) is 17.0. The Kier molecular flexibility index (Phi) is 6.23. The molecule has 0 amide bonds. The highest BCUT2D eigenvalue weighted by molar-refractivity contribution is 5.85. The predicted molar refractivity (Wildman–Crippen MR) is 70.0 cm³/mol. The van der Waals surface area contributed by atoms with Gasteiger partial charge in [-0.05, 0) is 23.8 Å². The van der Waals surface area contributed by atoms with E-state index >= 15 is 0 Å². The molecule has 0 bridgehead atoms. The molecule has 1 N–H and O–H groups in total. The summed E-state index contributed by atoms with van der Waals surface area (Å²) in [7, 11) is 1.44. The van der Waals surface area contributed by atoms with E-state index in [9.17, 15) is 18.0 Å². The number of ether oxygens (including phenoxy) is 2. The molecule has 1 aromatic rings. The molecule has 0 heterocycles. The second kappa shape index (κ2) is 7.68. The fraction of sp³-hybridized carbons (Fsp3) is 0.357. The monoisotopic (exact) mass is 304 g/mol. The summed E-state index contributed by atoms with van der Waals surface area (Å²) in [5.41, 5.74) is 1.14. The maximum absolute atomic E-state index is 12.0. The summed E-state index contributed by atoms with van der Waals surface area (Å²) >= 11 is 0. The minimum absolute atomic E-state index is 0.00792. The number of hydrogen-bond acceptors (Lipinski definition) is 3. The van der Waals surface area contributed by atoms with Crippen LogP contribution in [0.5, 0.6) is 5.75 Å². The third-order valence-corrected chi connectivity index (χ3v) is 2.50. The van der Waals surface area contributed by atoms with Gasteiger partial charge in [-0.15, -0.1) is 0 Å². The second-order valence-electron chi connectivity index (χ2n) is 4.17. The van der Waals surface area contributed by atoms with Crippen molar-refractivity contribution in [3.8, 4) is 5.75 Å². The van der Waals surface area contributed by atoms with Crippen LogP contribution in [0.3, 0.4) is 0 Å². The molecule has 0 unspecified atom stereocenters. The molecule has 21 heavy (non-hydrogen) atoms. The fourth-order valence-electron chi connectivity index (χ4n) is 1.54. The van der Waals surface area contributed by atoms with Gasteiger partial charge in [0.2, 0.25) is 0 Å². The number of alkyl halides is 3. The predicted octanol–water partition coefficient (Wildman–Crippen LogP) is 3.26.